The maximum atomic E-state index is 3.85. The van der Waals surface area contributed by atoms with E-state index in [9.17, 15) is 0 Å². The smallest absolute Gasteiger partial charge is 0.00671 e. The molecule has 0 aromatic rings. The molecule has 0 heterocycles. The second kappa shape index (κ2) is 8.29. The van der Waals surface area contributed by atoms with Crippen LogP contribution in [0.2, 0.25) is 0 Å². The third-order valence-electron chi connectivity index (χ3n) is 5.65. The van der Waals surface area contributed by atoms with Gasteiger partial charge < -0.3 is 5.32 Å². The van der Waals surface area contributed by atoms with E-state index in [0.29, 0.717) is 0 Å². The molecule has 0 aromatic heterocycles. The van der Waals surface area contributed by atoms with Crippen molar-refractivity contribution in [3.8, 4) is 0 Å². The summed E-state index contributed by atoms with van der Waals surface area (Å²) < 4.78 is 0. The van der Waals surface area contributed by atoms with Gasteiger partial charge in [0.15, 0.2) is 0 Å². The molecular weight excluding hydrogens is 230 g/mol. The van der Waals surface area contributed by atoms with Gasteiger partial charge >= 0.3 is 0 Å². The van der Waals surface area contributed by atoms with Crippen molar-refractivity contribution in [1.82, 2.24) is 5.32 Å². The average Bonchev–Trinajstić information content (AvgIpc) is 2.79. The fraction of sp³-hybridized carbons (Fsp3) is 1.00. The SMILES string of the molecule is CC(C)C1CCCC(NCCCC2CCCC2)CC1. The van der Waals surface area contributed by atoms with E-state index in [1.807, 2.05) is 0 Å². The predicted octanol–water partition coefficient (Wildman–Crippen LogP) is 5.15. The fourth-order valence-corrected chi connectivity index (χ4v) is 4.20. The first kappa shape index (κ1) is 15.4. The Morgan fingerprint density at radius 3 is 2.42 bits per heavy atom. The standard InChI is InChI=1S/C18H35N/c1-15(2)17-10-5-11-18(13-12-17)19-14-6-9-16-7-3-4-8-16/h15-19H,3-14H2,1-2H3. The third-order valence-corrected chi connectivity index (χ3v) is 5.65. The topological polar surface area (TPSA) is 12.0 Å². The summed E-state index contributed by atoms with van der Waals surface area (Å²) >= 11 is 0. The first-order valence-corrected chi connectivity index (χ1v) is 8.99. The zero-order chi connectivity index (χ0) is 13.5. The molecule has 2 aliphatic rings. The molecule has 2 saturated carbocycles. The van der Waals surface area contributed by atoms with Crippen LogP contribution < -0.4 is 5.32 Å². The quantitative estimate of drug-likeness (QED) is 0.517. The molecule has 0 bridgehead atoms. The van der Waals surface area contributed by atoms with Crippen LogP contribution in [-0.2, 0) is 0 Å². The molecule has 1 nitrogen and oxygen atoms in total. The van der Waals surface area contributed by atoms with E-state index in [1.165, 1.54) is 77.2 Å². The van der Waals surface area contributed by atoms with E-state index >= 15 is 0 Å². The van der Waals surface area contributed by atoms with E-state index < -0.39 is 0 Å². The van der Waals surface area contributed by atoms with Crippen LogP contribution in [0.15, 0.2) is 0 Å². The second-order valence-electron chi connectivity index (χ2n) is 7.46. The minimum atomic E-state index is 0.826. The molecular formula is C18H35N. The highest BCUT2D eigenvalue weighted by Gasteiger charge is 2.20. The van der Waals surface area contributed by atoms with Gasteiger partial charge in [-0.05, 0) is 56.4 Å². The molecule has 2 fully saturated rings. The minimum absolute atomic E-state index is 0.826. The van der Waals surface area contributed by atoms with Crippen LogP contribution >= 0.6 is 0 Å². The van der Waals surface area contributed by atoms with Crippen LogP contribution in [0, 0.1) is 17.8 Å². The summed E-state index contributed by atoms with van der Waals surface area (Å²) in [6.45, 7) is 6.08. The van der Waals surface area contributed by atoms with Gasteiger partial charge in [-0.25, -0.2) is 0 Å². The van der Waals surface area contributed by atoms with Crippen molar-refractivity contribution < 1.29 is 0 Å². The molecule has 2 rings (SSSR count). The van der Waals surface area contributed by atoms with Crippen molar-refractivity contribution in [3.63, 3.8) is 0 Å². The van der Waals surface area contributed by atoms with Crippen LogP contribution in [0.1, 0.15) is 84.5 Å². The van der Waals surface area contributed by atoms with E-state index in [1.54, 1.807) is 0 Å². The van der Waals surface area contributed by atoms with Crippen LogP contribution in [0.5, 0.6) is 0 Å². The lowest BCUT2D eigenvalue weighted by Gasteiger charge is -2.19. The molecule has 112 valence electrons. The van der Waals surface area contributed by atoms with Crippen molar-refractivity contribution in [1.29, 1.82) is 0 Å². The third kappa shape index (κ3) is 5.45. The lowest BCUT2D eigenvalue weighted by Crippen LogP contribution is -2.29. The van der Waals surface area contributed by atoms with Gasteiger partial charge in [0.2, 0.25) is 0 Å². The minimum Gasteiger partial charge on any atom is -0.314 e. The molecule has 1 N–H and O–H groups in total. The Morgan fingerprint density at radius 2 is 1.68 bits per heavy atom. The van der Waals surface area contributed by atoms with Crippen LogP contribution in [0.4, 0.5) is 0 Å². The normalized spacial score (nSPS) is 29.8. The Bertz CT molecular complexity index is 230. The van der Waals surface area contributed by atoms with Crippen molar-refractivity contribution >= 4 is 0 Å². The number of rotatable bonds is 6. The summed E-state index contributed by atoms with van der Waals surface area (Å²) in [6.07, 6.45) is 16.1. The first-order valence-electron chi connectivity index (χ1n) is 8.99. The van der Waals surface area contributed by atoms with Gasteiger partial charge in [0, 0.05) is 6.04 Å². The maximum Gasteiger partial charge on any atom is 0.00671 e. The van der Waals surface area contributed by atoms with Crippen molar-refractivity contribution in [3.05, 3.63) is 0 Å². The van der Waals surface area contributed by atoms with E-state index in [-0.39, 0.29) is 0 Å². The van der Waals surface area contributed by atoms with Gasteiger partial charge in [-0.3, -0.25) is 0 Å². The number of nitrogens with one attached hydrogen (secondary N) is 1. The zero-order valence-electron chi connectivity index (χ0n) is 13.3. The molecule has 0 saturated heterocycles. The molecule has 1 heteroatoms. The molecule has 0 radical (unpaired) electrons. The van der Waals surface area contributed by atoms with Gasteiger partial charge in [0.1, 0.15) is 0 Å². The molecule has 0 aliphatic heterocycles. The molecule has 2 atom stereocenters. The molecule has 0 aromatic carbocycles. The van der Waals surface area contributed by atoms with E-state index in [0.717, 1.165) is 23.8 Å². The summed E-state index contributed by atoms with van der Waals surface area (Å²) in [7, 11) is 0. The van der Waals surface area contributed by atoms with Crippen LogP contribution in [-0.4, -0.2) is 12.6 Å². The van der Waals surface area contributed by atoms with Gasteiger partial charge in [-0.15, -0.1) is 0 Å². The Hall–Kier alpha value is -0.0400. The Balaban J connectivity index is 1.55. The van der Waals surface area contributed by atoms with Gasteiger partial charge in [0.05, 0.1) is 0 Å². The van der Waals surface area contributed by atoms with Crippen molar-refractivity contribution in [2.24, 2.45) is 17.8 Å². The average molecular weight is 265 g/mol. The van der Waals surface area contributed by atoms with Gasteiger partial charge in [-0.1, -0.05) is 52.4 Å². The van der Waals surface area contributed by atoms with Crippen LogP contribution in [0.3, 0.4) is 0 Å². The van der Waals surface area contributed by atoms with E-state index in [4.69, 9.17) is 0 Å². The number of hydrogen-bond acceptors (Lipinski definition) is 1. The summed E-state index contributed by atoms with van der Waals surface area (Å²) in [5.74, 6) is 2.95. The first-order chi connectivity index (χ1) is 9.25. The lowest BCUT2D eigenvalue weighted by atomic mass is 9.89. The van der Waals surface area contributed by atoms with Gasteiger partial charge in [0.25, 0.3) is 0 Å². The summed E-state index contributed by atoms with van der Waals surface area (Å²) in [5.41, 5.74) is 0. The fourth-order valence-electron chi connectivity index (χ4n) is 4.20. The highest BCUT2D eigenvalue weighted by molar-refractivity contribution is 4.76. The van der Waals surface area contributed by atoms with Crippen molar-refractivity contribution in [2.45, 2.75) is 90.5 Å². The molecule has 0 spiro atoms. The summed E-state index contributed by atoms with van der Waals surface area (Å²) in [6, 6.07) is 0.826. The molecule has 2 aliphatic carbocycles. The summed E-state index contributed by atoms with van der Waals surface area (Å²) in [4.78, 5) is 0. The lowest BCUT2D eigenvalue weighted by molar-refractivity contribution is 0.337. The van der Waals surface area contributed by atoms with Gasteiger partial charge in [-0.2, -0.15) is 0 Å². The van der Waals surface area contributed by atoms with E-state index in [2.05, 4.69) is 19.2 Å². The Labute approximate surface area is 120 Å². The highest BCUT2D eigenvalue weighted by atomic mass is 14.9. The predicted molar refractivity (Wildman–Crippen MR) is 84.4 cm³/mol. The monoisotopic (exact) mass is 265 g/mol. The maximum absolute atomic E-state index is 3.85. The molecule has 2 unspecified atom stereocenters. The summed E-state index contributed by atoms with van der Waals surface area (Å²) in [5, 5.41) is 3.85. The van der Waals surface area contributed by atoms with Crippen LogP contribution in [0.25, 0.3) is 0 Å². The molecule has 0 amide bonds. The highest BCUT2D eigenvalue weighted by Crippen LogP contribution is 2.30. The Kier molecular flexibility index (Phi) is 6.70. The second-order valence-corrected chi connectivity index (χ2v) is 7.46. The molecule has 19 heavy (non-hydrogen) atoms. The Morgan fingerprint density at radius 1 is 0.895 bits per heavy atom. The number of hydrogen-bond donors (Lipinski definition) is 1. The largest absolute Gasteiger partial charge is 0.314 e. The van der Waals surface area contributed by atoms with Crippen molar-refractivity contribution in [2.75, 3.05) is 6.54 Å². The zero-order valence-corrected chi connectivity index (χ0v) is 13.3.